The molecule has 2 rings (SSSR count). The summed E-state index contributed by atoms with van der Waals surface area (Å²) in [5.41, 5.74) is 8.51. The average Bonchev–Trinajstić information content (AvgIpc) is 2.29. The lowest BCUT2D eigenvalue weighted by atomic mass is 10.0. The summed E-state index contributed by atoms with van der Waals surface area (Å²) in [4.78, 5) is 0. The van der Waals surface area contributed by atoms with E-state index in [1.54, 1.807) is 0 Å². The largest absolute Gasteiger partial charge is 0.324 e. The Morgan fingerprint density at radius 2 is 2.29 bits per heavy atom. The Bertz CT molecular complexity index is 356. The topological polar surface area (TPSA) is 26.0 Å². The van der Waals surface area contributed by atoms with Crippen molar-refractivity contribution < 1.29 is 0 Å². The minimum Gasteiger partial charge on any atom is -0.324 e. The molecule has 1 atom stereocenters. The zero-order valence-corrected chi connectivity index (χ0v) is 10.8. The highest BCUT2D eigenvalue weighted by molar-refractivity contribution is 9.10. The molecule has 0 spiro atoms. The van der Waals surface area contributed by atoms with Gasteiger partial charge in [0.05, 0.1) is 0 Å². The first-order valence-electron chi connectivity index (χ1n) is 4.49. The molecule has 0 unspecified atom stereocenters. The molecule has 76 valence electrons. The fraction of sp³-hybridized carbons (Fsp3) is 0.400. The first-order chi connectivity index (χ1) is 6.68. The molecule has 0 bridgehead atoms. The first-order valence-corrected chi connectivity index (χ1v) is 6.82. The molecule has 4 heteroatoms. The molecule has 0 saturated heterocycles. The summed E-state index contributed by atoms with van der Waals surface area (Å²) >= 11 is 11.5. The highest BCUT2D eigenvalue weighted by Gasteiger charge is 2.18. The van der Waals surface area contributed by atoms with E-state index in [9.17, 15) is 0 Å². The minimum atomic E-state index is 0.134. The fourth-order valence-electron chi connectivity index (χ4n) is 1.65. The van der Waals surface area contributed by atoms with Crippen LogP contribution in [0.5, 0.6) is 0 Å². The third-order valence-electron chi connectivity index (χ3n) is 2.41. The van der Waals surface area contributed by atoms with Crippen LogP contribution < -0.4 is 5.73 Å². The molecule has 1 aliphatic rings. The summed E-state index contributed by atoms with van der Waals surface area (Å²) < 4.78 is 1.02. The molecule has 1 aromatic carbocycles. The fourth-order valence-corrected chi connectivity index (χ4v) is 3.72. The number of hydrogen-bond donors (Lipinski definition) is 1. The molecule has 1 aliphatic heterocycles. The lowest BCUT2D eigenvalue weighted by Crippen LogP contribution is -2.11. The molecule has 1 heterocycles. The van der Waals surface area contributed by atoms with Gasteiger partial charge in [0.15, 0.2) is 0 Å². The monoisotopic (exact) mass is 291 g/mol. The first kappa shape index (κ1) is 10.8. The van der Waals surface area contributed by atoms with Gasteiger partial charge in [-0.2, -0.15) is 11.8 Å². The normalized spacial score (nSPS) is 21.5. The van der Waals surface area contributed by atoms with Gasteiger partial charge >= 0.3 is 0 Å². The standard InChI is InChI=1S/C10H11BrClNS/c11-6-3-7-8(9(12)4-6)5-14-2-1-10(7)13/h3-4,10H,1-2,5,13H2/t10-/m1/s1. The SMILES string of the molecule is N[C@@H]1CCSCc2c(Cl)cc(Br)cc21. The summed E-state index contributed by atoms with van der Waals surface area (Å²) in [6.45, 7) is 0. The smallest absolute Gasteiger partial charge is 0.0460 e. The van der Waals surface area contributed by atoms with Crippen molar-refractivity contribution in [2.45, 2.75) is 18.2 Å². The molecule has 0 fully saturated rings. The van der Waals surface area contributed by atoms with Gasteiger partial charge in [-0.3, -0.25) is 0 Å². The van der Waals surface area contributed by atoms with E-state index in [1.807, 2.05) is 17.8 Å². The van der Waals surface area contributed by atoms with Gasteiger partial charge in [-0.15, -0.1) is 0 Å². The Morgan fingerprint density at radius 3 is 3.07 bits per heavy atom. The van der Waals surface area contributed by atoms with E-state index in [4.69, 9.17) is 17.3 Å². The van der Waals surface area contributed by atoms with E-state index in [0.29, 0.717) is 0 Å². The van der Waals surface area contributed by atoms with Gasteiger partial charge < -0.3 is 5.73 Å². The van der Waals surface area contributed by atoms with Crippen LogP contribution in [0.3, 0.4) is 0 Å². The second kappa shape index (κ2) is 4.44. The van der Waals surface area contributed by atoms with Crippen LogP contribution in [0, 0.1) is 0 Å². The van der Waals surface area contributed by atoms with Crippen LogP contribution >= 0.6 is 39.3 Å². The van der Waals surface area contributed by atoms with Gasteiger partial charge in [-0.1, -0.05) is 27.5 Å². The Hall–Kier alpha value is 0.300. The summed E-state index contributed by atoms with van der Waals surface area (Å²) in [6, 6.07) is 4.17. The van der Waals surface area contributed by atoms with E-state index in [1.165, 1.54) is 11.1 Å². The second-order valence-corrected chi connectivity index (χ2v) is 5.83. The zero-order valence-electron chi connectivity index (χ0n) is 7.59. The summed E-state index contributed by atoms with van der Waals surface area (Å²) in [6.07, 6.45) is 1.03. The van der Waals surface area contributed by atoms with Crippen molar-refractivity contribution in [1.29, 1.82) is 0 Å². The van der Waals surface area contributed by atoms with Gasteiger partial charge in [0.25, 0.3) is 0 Å². The van der Waals surface area contributed by atoms with E-state index in [-0.39, 0.29) is 6.04 Å². The number of halogens is 2. The maximum atomic E-state index is 6.19. The van der Waals surface area contributed by atoms with Gasteiger partial charge in [-0.25, -0.2) is 0 Å². The minimum absolute atomic E-state index is 0.134. The van der Waals surface area contributed by atoms with Gasteiger partial charge in [0.2, 0.25) is 0 Å². The van der Waals surface area contributed by atoms with Crippen molar-refractivity contribution in [2.75, 3.05) is 5.75 Å². The Kier molecular flexibility index (Phi) is 3.42. The van der Waals surface area contributed by atoms with Crippen LogP contribution in [0.2, 0.25) is 5.02 Å². The molecule has 0 aromatic heterocycles. The summed E-state index contributed by atoms with van der Waals surface area (Å²) in [7, 11) is 0. The molecule has 0 amide bonds. The predicted octanol–water partition coefficient (Wildman–Crippen LogP) is 3.74. The number of benzene rings is 1. The van der Waals surface area contributed by atoms with E-state index in [0.717, 1.165) is 27.4 Å². The highest BCUT2D eigenvalue weighted by atomic mass is 79.9. The van der Waals surface area contributed by atoms with Crippen LogP contribution in [-0.2, 0) is 5.75 Å². The lowest BCUT2D eigenvalue weighted by molar-refractivity contribution is 0.705. The van der Waals surface area contributed by atoms with Crippen molar-refractivity contribution in [3.63, 3.8) is 0 Å². The zero-order chi connectivity index (χ0) is 10.1. The van der Waals surface area contributed by atoms with Crippen molar-refractivity contribution in [3.05, 3.63) is 32.8 Å². The van der Waals surface area contributed by atoms with Crippen molar-refractivity contribution >= 4 is 39.3 Å². The summed E-state index contributed by atoms with van der Waals surface area (Å²) in [5.74, 6) is 2.10. The molecular weight excluding hydrogens is 282 g/mol. The molecule has 1 nitrogen and oxygen atoms in total. The van der Waals surface area contributed by atoms with Crippen LogP contribution in [-0.4, -0.2) is 5.75 Å². The van der Waals surface area contributed by atoms with Gasteiger partial charge in [-0.05, 0) is 35.4 Å². The quantitative estimate of drug-likeness (QED) is 0.788. The van der Waals surface area contributed by atoms with Gasteiger partial charge in [0.1, 0.15) is 0 Å². The van der Waals surface area contributed by atoms with Crippen molar-refractivity contribution in [2.24, 2.45) is 5.73 Å². The van der Waals surface area contributed by atoms with Gasteiger partial charge in [0, 0.05) is 21.3 Å². The van der Waals surface area contributed by atoms with Crippen molar-refractivity contribution in [1.82, 2.24) is 0 Å². The lowest BCUT2D eigenvalue weighted by Gasteiger charge is -2.13. The third kappa shape index (κ3) is 2.11. The number of nitrogens with two attached hydrogens (primary N) is 1. The van der Waals surface area contributed by atoms with E-state index in [2.05, 4.69) is 22.0 Å². The molecular formula is C10H11BrClNS. The summed E-state index contributed by atoms with van der Waals surface area (Å²) in [5, 5.41) is 0.833. The maximum absolute atomic E-state index is 6.19. The Morgan fingerprint density at radius 1 is 1.50 bits per heavy atom. The van der Waals surface area contributed by atoms with Crippen LogP contribution in [0.15, 0.2) is 16.6 Å². The molecule has 0 saturated carbocycles. The number of rotatable bonds is 0. The average molecular weight is 293 g/mol. The second-order valence-electron chi connectivity index (χ2n) is 3.40. The number of hydrogen-bond acceptors (Lipinski definition) is 2. The Labute approximate surface area is 102 Å². The van der Waals surface area contributed by atoms with E-state index >= 15 is 0 Å². The Balaban J connectivity index is 2.53. The highest BCUT2D eigenvalue weighted by Crippen LogP contribution is 2.35. The third-order valence-corrected chi connectivity index (χ3v) is 4.23. The molecule has 14 heavy (non-hydrogen) atoms. The van der Waals surface area contributed by atoms with Crippen LogP contribution in [0.25, 0.3) is 0 Å². The molecule has 1 aromatic rings. The predicted molar refractivity (Wildman–Crippen MR) is 66.9 cm³/mol. The number of thioether (sulfide) groups is 1. The maximum Gasteiger partial charge on any atom is 0.0460 e. The van der Waals surface area contributed by atoms with Crippen molar-refractivity contribution in [3.8, 4) is 0 Å². The van der Waals surface area contributed by atoms with E-state index < -0.39 is 0 Å². The molecule has 0 radical (unpaired) electrons. The molecule has 2 N–H and O–H groups in total. The van der Waals surface area contributed by atoms with Crippen LogP contribution in [0.4, 0.5) is 0 Å². The number of fused-ring (bicyclic) bond motifs is 1. The van der Waals surface area contributed by atoms with Crippen LogP contribution in [0.1, 0.15) is 23.6 Å². The molecule has 0 aliphatic carbocycles.